The molecule has 16 heavy (non-hydrogen) atoms. The molecule has 0 fully saturated rings. The first-order valence-electron chi connectivity index (χ1n) is 4.99. The summed E-state index contributed by atoms with van der Waals surface area (Å²) < 4.78 is 5.47. The molecular weight excluding hydrogens is 203 g/mol. The van der Waals surface area contributed by atoms with E-state index in [0.717, 1.165) is 18.7 Å². The van der Waals surface area contributed by atoms with Crippen LogP contribution < -0.4 is 4.74 Å². The fourth-order valence-corrected chi connectivity index (χ4v) is 1.17. The molecule has 2 radical (unpaired) electrons. The maximum Gasteiger partial charge on any atom is 0.240 e. The highest BCUT2D eigenvalue weighted by Crippen LogP contribution is 2.17. The quantitative estimate of drug-likeness (QED) is 0.312. The molecule has 0 heterocycles. The zero-order valence-corrected chi connectivity index (χ0v) is 9.22. The van der Waals surface area contributed by atoms with Gasteiger partial charge in [-0.05, 0) is 44.3 Å². The summed E-state index contributed by atoms with van der Waals surface area (Å²) in [7, 11) is 7.27. The lowest BCUT2D eigenvalue weighted by atomic mass is 10.3. The van der Waals surface area contributed by atoms with Gasteiger partial charge in [0.25, 0.3) is 0 Å². The van der Waals surface area contributed by atoms with Crippen LogP contribution in [0, 0.1) is 0 Å². The lowest BCUT2D eigenvalue weighted by Crippen LogP contribution is -2.17. The van der Waals surface area contributed by atoms with Gasteiger partial charge in [-0.15, -0.1) is 0 Å². The molecule has 0 saturated heterocycles. The van der Waals surface area contributed by atoms with Crippen molar-refractivity contribution in [1.29, 1.82) is 0 Å². The number of hydrogen-bond donors (Lipinski definition) is 0. The highest BCUT2D eigenvalue weighted by atomic mass is 16.5. The molecule has 0 atom stereocenters. The van der Waals surface area contributed by atoms with Crippen LogP contribution >= 0.6 is 0 Å². The van der Waals surface area contributed by atoms with E-state index >= 15 is 0 Å². The summed E-state index contributed by atoms with van der Waals surface area (Å²) in [6.07, 6.45) is 2.35. The maximum atomic E-state index is 9.99. The number of aliphatic imine (C=N–C) groups is 1. The molecule has 0 unspecified atom stereocenters. The summed E-state index contributed by atoms with van der Waals surface area (Å²) in [5, 5.41) is 0. The largest absolute Gasteiger partial charge is 0.494 e. The number of benzene rings is 1. The van der Waals surface area contributed by atoms with Gasteiger partial charge < -0.3 is 9.55 Å². The summed E-state index contributed by atoms with van der Waals surface area (Å²) in [5.74, 6) is 0.754. The van der Waals surface area contributed by atoms with E-state index in [1.807, 2.05) is 7.05 Å². The van der Waals surface area contributed by atoms with Crippen molar-refractivity contribution in [3.05, 3.63) is 24.3 Å². The minimum Gasteiger partial charge on any atom is -0.494 e. The first-order valence-corrected chi connectivity index (χ1v) is 4.99. The molecule has 1 aromatic rings. The van der Waals surface area contributed by atoms with E-state index in [9.17, 15) is 4.79 Å². The molecule has 0 aliphatic carbocycles. The molecule has 0 bridgehead atoms. The maximum absolute atomic E-state index is 9.99. The van der Waals surface area contributed by atoms with Gasteiger partial charge in [0, 0.05) is 0 Å². The number of nitrogens with zero attached hydrogens (tertiary/aromatic N) is 2. The molecule has 0 aromatic heterocycles. The minimum atomic E-state index is 0.573. The second-order valence-electron chi connectivity index (χ2n) is 3.38. The lowest BCUT2D eigenvalue weighted by Gasteiger charge is -2.10. The van der Waals surface area contributed by atoms with Crippen molar-refractivity contribution < 1.29 is 9.53 Å². The Morgan fingerprint density at radius 1 is 1.44 bits per heavy atom. The zero-order valence-electron chi connectivity index (χ0n) is 9.22. The third-order valence-electron chi connectivity index (χ3n) is 1.94. The highest BCUT2D eigenvalue weighted by molar-refractivity contribution is 6.04. The number of hydrogen-bond acceptors (Lipinski definition) is 4. The van der Waals surface area contributed by atoms with Crippen LogP contribution in [-0.2, 0) is 4.79 Å². The van der Waals surface area contributed by atoms with E-state index in [0.29, 0.717) is 12.3 Å². The summed E-state index contributed by atoms with van der Waals surface area (Å²) in [4.78, 5) is 15.1. The van der Waals surface area contributed by atoms with Gasteiger partial charge in [0.15, 0.2) is 7.98 Å². The molecule has 0 amide bonds. The number of ether oxygens (including phenoxy) is 1. The predicted molar refractivity (Wildman–Crippen MR) is 62.7 cm³/mol. The average molecular weight is 216 g/mol. The lowest BCUT2D eigenvalue weighted by molar-refractivity contribution is 0.298. The van der Waals surface area contributed by atoms with Crippen molar-refractivity contribution in [3.63, 3.8) is 0 Å². The van der Waals surface area contributed by atoms with E-state index in [1.54, 1.807) is 29.1 Å². The number of isocyanates is 1. The molecule has 0 aliphatic rings. The molecule has 0 saturated carbocycles. The molecular formula is C11H13BN2O2. The van der Waals surface area contributed by atoms with Gasteiger partial charge in [0.2, 0.25) is 6.08 Å². The minimum absolute atomic E-state index is 0.573. The summed E-state index contributed by atoms with van der Waals surface area (Å²) in [6, 6.07) is 6.94. The van der Waals surface area contributed by atoms with Crippen molar-refractivity contribution in [1.82, 2.24) is 4.81 Å². The monoisotopic (exact) mass is 216 g/mol. The predicted octanol–water partition coefficient (Wildman–Crippen LogP) is 1.44. The van der Waals surface area contributed by atoms with Gasteiger partial charge in [0.1, 0.15) is 5.75 Å². The van der Waals surface area contributed by atoms with Gasteiger partial charge >= 0.3 is 0 Å². The third-order valence-corrected chi connectivity index (χ3v) is 1.94. The molecule has 0 spiro atoms. The van der Waals surface area contributed by atoms with E-state index in [-0.39, 0.29) is 0 Å². The first-order chi connectivity index (χ1) is 7.72. The average Bonchev–Trinajstić information content (AvgIpc) is 2.27. The van der Waals surface area contributed by atoms with Crippen LogP contribution in [0.4, 0.5) is 5.69 Å². The van der Waals surface area contributed by atoms with Crippen LogP contribution in [0.1, 0.15) is 6.42 Å². The van der Waals surface area contributed by atoms with Crippen LogP contribution in [-0.4, -0.2) is 39.1 Å². The van der Waals surface area contributed by atoms with Crippen molar-refractivity contribution in [3.8, 4) is 5.75 Å². The standard InChI is InChI=1S/C11H13BN2O2/c1-14(12)7-2-8-16-11-5-3-10(4-6-11)13-9-15/h3-6H,2,7-8H2,1H3. The Morgan fingerprint density at radius 3 is 2.69 bits per heavy atom. The van der Waals surface area contributed by atoms with Gasteiger partial charge in [-0.1, -0.05) is 0 Å². The van der Waals surface area contributed by atoms with Crippen molar-refractivity contribution >= 4 is 19.7 Å². The molecule has 0 aliphatic heterocycles. The summed E-state index contributed by atoms with van der Waals surface area (Å²) >= 11 is 0. The number of carbonyl (C=O) groups excluding carboxylic acids is 1. The first kappa shape index (κ1) is 12.5. The Bertz CT molecular complexity index is 359. The van der Waals surface area contributed by atoms with Crippen molar-refractivity contribution in [2.75, 3.05) is 20.2 Å². The van der Waals surface area contributed by atoms with Gasteiger partial charge in [-0.3, -0.25) is 0 Å². The Kier molecular flexibility index (Phi) is 5.33. The van der Waals surface area contributed by atoms with Crippen LogP contribution in [0.2, 0.25) is 0 Å². The van der Waals surface area contributed by atoms with Crippen LogP contribution in [0.3, 0.4) is 0 Å². The fourth-order valence-electron chi connectivity index (χ4n) is 1.17. The van der Waals surface area contributed by atoms with Crippen LogP contribution in [0.15, 0.2) is 29.3 Å². The SMILES string of the molecule is [B]N(C)CCCOc1ccc(N=C=O)cc1. The summed E-state index contributed by atoms with van der Waals surface area (Å²) in [5.41, 5.74) is 0.573. The van der Waals surface area contributed by atoms with Crippen LogP contribution in [0.5, 0.6) is 5.75 Å². The normalized spacial score (nSPS) is 9.88. The molecule has 1 rings (SSSR count). The highest BCUT2D eigenvalue weighted by Gasteiger charge is 1.95. The summed E-state index contributed by atoms with van der Waals surface area (Å²) in [6.45, 7) is 1.39. The second-order valence-corrected chi connectivity index (χ2v) is 3.38. The molecule has 1 aromatic carbocycles. The van der Waals surface area contributed by atoms with Crippen LogP contribution in [0.25, 0.3) is 0 Å². The molecule has 82 valence electrons. The van der Waals surface area contributed by atoms with Crippen molar-refractivity contribution in [2.24, 2.45) is 4.99 Å². The Balaban J connectivity index is 2.34. The second kappa shape index (κ2) is 6.83. The third kappa shape index (κ3) is 4.78. The Labute approximate surface area is 96.4 Å². The van der Waals surface area contributed by atoms with Gasteiger partial charge in [0.05, 0.1) is 12.3 Å². The Hall–Kier alpha value is -1.58. The molecule has 5 heteroatoms. The topological polar surface area (TPSA) is 41.9 Å². The van der Waals surface area contributed by atoms with E-state index in [1.165, 1.54) is 6.08 Å². The Morgan fingerprint density at radius 2 is 2.12 bits per heavy atom. The zero-order chi connectivity index (χ0) is 11.8. The van der Waals surface area contributed by atoms with E-state index < -0.39 is 0 Å². The van der Waals surface area contributed by atoms with Crippen molar-refractivity contribution in [2.45, 2.75) is 6.42 Å². The van der Waals surface area contributed by atoms with E-state index in [2.05, 4.69) is 4.99 Å². The molecule has 4 nitrogen and oxygen atoms in total. The smallest absolute Gasteiger partial charge is 0.240 e. The van der Waals surface area contributed by atoms with E-state index in [4.69, 9.17) is 12.7 Å². The molecule has 0 N–H and O–H groups in total. The fraction of sp³-hybridized carbons (Fsp3) is 0.364. The number of rotatable bonds is 6. The van der Waals surface area contributed by atoms with Gasteiger partial charge in [-0.25, -0.2) is 4.79 Å². The van der Waals surface area contributed by atoms with Gasteiger partial charge in [-0.2, -0.15) is 4.99 Å².